The summed E-state index contributed by atoms with van der Waals surface area (Å²) in [5.74, 6) is 0. The van der Waals surface area contributed by atoms with Gasteiger partial charge in [0.25, 0.3) is 0 Å². The van der Waals surface area contributed by atoms with Crippen molar-refractivity contribution in [1.29, 1.82) is 0 Å². The molecule has 0 unspecified atom stereocenters. The van der Waals surface area contributed by atoms with Gasteiger partial charge < -0.3 is 10.7 Å². The van der Waals surface area contributed by atoms with E-state index in [1.807, 2.05) is 0 Å². The first-order chi connectivity index (χ1) is 11.3. The lowest BCUT2D eigenvalue weighted by atomic mass is 10.0. The van der Waals surface area contributed by atoms with Crippen molar-refractivity contribution in [3.8, 4) is 11.3 Å². The summed E-state index contributed by atoms with van der Waals surface area (Å²) in [6.45, 7) is 0.753. The number of thioether (sulfide) groups is 1. The van der Waals surface area contributed by atoms with Crippen LogP contribution in [-0.2, 0) is 6.42 Å². The summed E-state index contributed by atoms with van der Waals surface area (Å²) in [5, 5.41) is 1.31. The van der Waals surface area contributed by atoms with Crippen molar-refractivity contribution >= 4 is 38.6 Å². The Hall–Kier alpha value is -1.23. The highest BCUT2D eigenvalue weighted by Crippen LogP contribution is 2.38. The molecule has 23 heavy (non-hydrogen) atoms. The number of aryl methyl sites for hydroxylation is 1. The minimum Gasteiger partial charge on any atom is -0.353 e. The summed E-state index contributed by atoms with van der Waals surface area (Å²) in [6.07, 6.45) is 5.35. The predicted octanol–water partition coefficient (Wildman–Crippen LogP) is 5.60. The molecule has 0 aliphatic rings. The molecule has 0 atom stereocenters. The van der Waals surface area contributed by atoms with Gasteiger partial charge in [-0.05, 0) is 65.7 Å². The fourth-order valence-corrected chi connectivity index (χ4v) is 4.09. The molecule has 120 valence electrons. The van der Waals surface area contributed by atoms with Gasteiger partial charge in [-0.2, -0.15) is 0 Å². The SMILES string of the molecule is CSc1ccccc1-c1[nH]c2c(Br)cccc2c1CCCCN. The maximum atomic E-state index is 5.68. The Kier molecular flexibility index (Phi) is 5.46. The maximum absolute atomic E-state index is 5.68. The summed E-state index contributed by atoms with van der Waals surface area (Å²) in [7, 11) is 0. The first kappa shape index (κ1) is 16.6. The summed E-state index contributed by atoms with van der Waals surface area (Å²) in [5.41, 5.74) is 10.8. The largest absolute Gasteiger partial charge is 0.353 e. The minimum atomic E-state index is 0.753. The van der Waals surface area contributed by atoms with Crippen molar-refractivity contribution < 1.29 is 0 Å². The second-order valence-electron chi connectivity index (χ2n) is 5.59. The number of halogens is 1. The van der Waals surface area contributed by atoms with Gasteiger partial charge in [-0.3, -0.25) is 0 Å². The van der Waals surface area contributed by atoms with Crippen LogP contribution >= 0.6 is 27.7 Å². The van der Waals surface area contributed by atoms with E-state index < -0.39 is 0 Å². The molecule has 0 spiro atoms. The number of nitrogens with two attached hydrogens (primary N) is 1. The van der Waals surface area contributed by atoms with Gasteiger partial charge in [0.05, 0.1) is 11.2 Å². The lowest BCUT2D eigenvalue weighted by Gasteiger charge is -2.09. The maximum Gasteiger partial charge on any atom is 0.0606 e. The number of hydrogen-bond donors (Lipinski definition) is 2. The molecule has 0 fully saturated rings. The van der Waals surface area contributed by atoms with Gasteiger partial charge in [-0.25, -0.2) is 0 Å². The zero-order valence-corrected chi connectivity index (χ0v) is 15.6. The number of para-hydroxylation sites is 1. The lowest BCUT2D eigenvalue weighted by Crippen LogP contribution is -1.99. The highest BCUT2D eigenvalue weighted by Gasteiger charge is 2.16. The van der Waals surface area contributed by atoms with Gasteiger partial charge >= 0.3 is 0 Å². The Morgan fingerprint density at radius 2 is 1.91 bits per heavy atom. The lowest BCUT2D eigenvalue weighted by molar-refractivity contribution is 0.748. The Morgan fingerprint density at radius 1 is 1.09 bits per heavy atom. The normalized spacial score (nSPS) is 11.3. The van der Waals surface area contributed by atoms with E-state index in [-0.39, 0.29) is 0 Å². The van der Waals surface area contributed by atoms with Crippen LogP contribution in [0.4, 0.5) is 0 Å². The van der Waals surface area contributed by atoms with Crippen LogP contribution in [0.2, 0.25) is 0 Å². The third-order valence-corrected chi connectivity index (χ3v) is 5.60. The van der Waals surface area contributed by atoms with E-state index in [1.54, 1.807) is 11.8 Å². The zero-order valence-electron chi connectivity index (χ0n) is 13.2. The number of aromatic amines is 1. The fourth-order valence-electron chi connectivity index (χ4n) is 3.02. The number of aromatic nitrogens is 1. The van der Waals surface area contributed by atoms with E-state index in [0.29, 0.717) is 0 Å². The molecule has 0 aliphatic carbocycles. The van der Waals surface area contributed by atoms with E-state index in [9.17, 15) is 0 Å². The van der Waals surface area contributed by atoms with Crippen LogP contribution in [0.5, 0.6) is 0 Å². The highest BCUT2D eigenvalue weighted by molar-refractivity contribution is 9.10. The first-order valence-corrected chi connectivity index (χ1v) is 9.90. The van der Waals surface area contributed by atoms with Crippen molar-refractivity contribution in [3.63, 3.8) is 0 Å². The molecule has 2 aromatic carbocycles. The molecule has 3 rings (SSSR count). The van der Waals surface area contributed by atoms with Crippen molar-refractivity contribution in [1.82, 2.24) is 4.98 Å². The highest BCUT2D eigenvalue weighted by atomic mass is 79.9. The summed E-state index contributed by atoms with van der Waals surface area (Å²) >= 11 is 5.47. The number of H-pyrrole nitrogens is 1. The monoisotopic (exact) mass is 388 g/mol. The van der Waals surface area contributed by atoms with Crippen molar-refractivity contribution in [2.75, 3.05) is 12.8 Å². The van der Waals surface area contributed by atoms with Crippen molar-refractivity contribution in [3.05, 3.63) is 52.5 Å². The third kappa shape index (κ3) is 3.35. The topological polar surface area (TPSA) is 41.8 Å². The summed E-state index contributed by atoms with van der Waals surface area (Å²) in [4.78, 5) is 4.96. The molecule has 0 saturated heterocycles. The number of benzene rings is 2. The van der Waals surface area contributed by atoms with Crippen LogP contribution in [-0.4, -0.2) is 17.8 Å². The van der Waals surface area contributed by atoms with E-state index in [0.717, 1.165) is 30.3 Å². The van der Waals surface area contributed by atoms with Gasteiger partial charge in [-0.15, -0.1) is 11.8 Å². The molecule has 0 bridgehead atoms. The molecule has 4 heteroatoms. The van der Waals surface area contributed by atoms with Crippen LogP contribution in [0.3, 0.4) is 0 Å². The average Bonchev–Trinajstić information content (AvgIpc) is 2.95. The van der Waals surface area contributed by atoms with Gasteiger partial charge in [0.15, 0.2) is 0 Å². The molecule has 1 aromatic heterocycles. The fraction of sp³-hybridized carbons (Fsp3) is 0.263. The van der Waals surface area contributed by atoms with Gasteiger partial charge in [0.1, 0.15) is 0 Å². The number of fused-ring (bicyclic) bond motifs is 1. The molecule has 3 aromatic rings. The van der Waals surface area contributed by atoms with E-state index >= 15 is 0 Å². The first-order valence-electron chi connectivity index (χ1n) is 7.88. The van der Waals surface area contributed by atoms with Gasteiger partial charge in [0.2, 0.25) is 0 Å². The van der Waals surface area contributed by atoms with E-state index in [1.165, 1.54) is 32.6 Å². The number of nitrogens with one attached hydrogen (secondary N) is 1. The summed E-state index contributed by atoms with van der Waals surface area (Å²) in [6, 6.07) is 15.0. The molecule has 1 heterocycles. The Labute approximate surface area is 150 Å². The number of hydrogen-bond acceptors (Lipinski definition) is 2. The molecule has 0 amide bonds. The molecule has 0 aliphatic heterocycles. The van der Waals surface area contributed by atoms with Gasteiger partial charge in [-0.1, -0.05) is 30.3 Å². The number of rotatable bonds is 6. The standard InChI is InChI=1S/C19H21BrN2S/c1-23-17-11-3-2-8-15(17)18-13(7-4-5-12-21)14-9-6-10-16(20)19(14)22-18/h2-3,6,8-11,22H,4-5,7,12,21H2,1H3. The minimum absolute atomic E-state index is 0.753. The molecular formula is C19H21BrN2S. The van der Waals surface area contributed by atoms with Crippen LogP contribution < -0.4 is 5.73 Å². The Balaban J connectivity index is 2.18. The van der Waals surface area contributed by atoms with Crippen LogP contribution in [0.25, 0.3) is 22.2 Å². The summed E-state index contributed by atoms with van der Waals surface area (Å²) < 4.78 is 1.11. The van der Waals surface area contributed by atoms with Crippen LogP contribution in [0, 0.1) is 0 Å². The molecule has 0 saturated carbocycles. The molecular weight excluding hydrogens is 368 g/mol. The molecule has 2 nitrogen and oxygen atoms in total. The second-order valence-corrected chi connectivity index (χ2v) is 7.29. The van der Waals surface area contributed by atoms with Gasteiger partial charge in [0, 0.05) is 20.3 Å². The smallest absolute Gasteiger partial charge is 0.0606 e. The Morgan fingerprint density at radius 3 is 2.70 bits per heavy atom. The van der Waals surface area contributed by atoms with Crippen molar-refractivity contribution in [2.45, 2.75) is 24.2 Å². The Bertz CT molecular complexity index is 810. The van der Waals surface area contributed by atoms with E-state index in [4.69, 9.17) is 5.73 Å². The van der Waals surface area contributed by atoms with Crippen molar-refractivity contribution in [2.24, 2.45) is 5.73 Å². The average molecular weight is 389 g/mol. The third-order valence-electron chi connectivity index (χ3n) is 4.15. The van der Waals surface area contributed by atoms with E-state index in [2.05, 4.69) is 69.6 Å². The molecule has 3 N–H and O–H groups in total. The van der Waals surface area contributed by atoms with Crippen LogP contribution in [0.15, 0.2) is 51.8 Å². The molecule has 0 radical (unpaired) electrons. The zero-order chi connectivity index (χ0) is 16.2. The second kappa shape index (κ2) is 7.56. The predicted molar refractivity (Wildman–Crippen MR) is 105 cm³/mol. The quantitative estimate of drug-likeness (QED) is 0.426. The number of unbranched alkanes of at least 4 members (excludes halogenated alkanes) is 1. The van der Waals surface area contributed by atoms with Crippen LogP contribution in [0.1, 0.15) is 18.4 Å².